The average Bonchev–Trinajstić information content (AvgIpc) is 2.95. The second-order valence-corrected chi connectivity index (χ2v) is 6.01. The normalized spacial score (nSPS) is 17.4. The van der Waals surface area contributed by atoms with Gasteiger partial charge in [0.2, 0.25) is 6.79 Å². The Hall–Kier alpha value is -2.69. The molecule has 2 aromatic rings. The lowest BCUT2D eigenvalue weighted by Crippen LogP contribution is -2.42. The van der Waals surface area contributed by atoms with Gasteiger partial charge in [0.05, 0.1) is 5.41 Å². The first-order chi connectivity index (χ1) is 11.2. The maximum atomic E-state index is 11.5. The van der Waals surface area contributed by atoms with Crippen LogP contribution in [0.15, 0.2) is 42.5 Å². The maximum absolute atomic E-state index is 11.5. The molecule has 0 radical (unpaired) electrons. The summed E-state index contributed by atoms with van der Waals surface area (Å²) in [4.78, 5) is 11.5. The van der Waals surface area contributed by atoms with Crippen molar-refractivity contribution in [3.8, 4) is 11.5 Å². The van der Waals surface area contributed by atoms with E-state index < -0.39 is 11.4 Å². The number of rotatable bonds is 4. The van der Waals surface area contributed by atoms with E-state index in [-0.39, 0.29) is 6.79 Å². The van der Waals surface area contributed by atoms with Gasteiger partial charge in [-0.15, -0.1) is 0 Å². The summed E-state index contributed by atoms with van der Waals surface area (Å²) in [5.74, 6) is 0.755. The minimum atomic E-state index is -0.722. The molecule has 0 bridgehead atoms. The van der Waals surface area contributed by atoms with E-state index in [2.05, 4.69) is 5.32 Å². The number of anilines is 2. The third-order valence-electron chi connectivity index (χ3n) is 4.72. The summed E-state index contributed by atoms with van der Waals surface area (Å²) in [7, 11) is 0. The van der Waals surface area contributed by atoms with E-state index in [1.54, 1.807) is 0 Å². The van der Waals surface area contributed by atoms with E-state index in [1.807, 2.05) is 42.5 Å². The lowest BCUT2D eigenvalue weighted by molar-refractivity contribution is -0.147. The first-order valence-corrected chi connectivity index (χ1v) is 7.68. The number of fused-ring (bicyclic) bond motifs is 1. The van der Waals surface area contributed by atoms with Crippen molar-refractivity contribution in [2.75, 3.05) is 12.1 Å². The highest BCUT2D eigenvalue weighted by Crippen LogP contribution is 2.44. The molecular weight excluding hydrogens is 294 g/mol. The smallest absolute Gasteiger partial charge is 0.314 e. The third kappa shape index (κ3) is 2.29. The Morgan fingerprint density at radius 1 is 1.00 bits per heavy atom. The Morgan fingerprint density at radius 3 is 2.35 bits per heavy atom. The fraction of sp³-hybridized carbons (Fsp3) is 0.278. The van der Waals surface area contributed by atoms with Crippen molar-refractivity contribution in [3.63, 3.8) is 0 Å². The van der Waals surface area contributed by atoms with Crippen molar-refractivity contribution in [1.82, 2.24) is 0 Å². The first kappa shape index (κ1) is 13.9. The van der Waals surface area contributed by atoms with Gasteiger partial charge in [0.1, 0.15) is 0 Å². The molecule has 0 unspecified atom stereocenters. The van der Waals surface area contributed by atoms with Crippen LogP contribution in [0.2, 0.25) is 0 Å². The van der Waals surface area contributed by atoms with E-state index in [9.17, 15) is 9.90 Å². The lowest BCUT2D eigenvalue weighted by Gasteiger charge is -2.38. The zero-order valence-electron chi connectivity index (χ0n) is 12.5. The van der Waals surface area contributed by atoms with E-state index in [4.69, 9.17) is 9.47 Å². The number of hydrogen-bond donors (Lipinski definition) is 2. The van der Waals surface area contributed by atoms with Crippen molar-refractivity contribution in [2.45, 2.75) is 24.7 Å². The molecule has 4 rings (SSSR count). The molecule has 0 atom stereocenters. The summed E-state index contributed by atoms with van der Waals surface area (Å²) in [6, 6.07) is 13.3. The summed E-state index contributed by atoms with van der Waals surface area (Å²) in [6.07, 6.45) is 2.41. The van der Waals surface area contributed by atoms with Gasteiger partial charge in [0, 0.05) is 17.4 Å². The summed E-state index contributed by atoms with van der Waals surface area (Å²) in [5, 5.41) is 12.8. The zero-order chi connectivity index (χ0) is 15.9. The van der Waals surface area contributed by atoms with Gasteiger partial charge in [-0.25, -0.2) is 0 Å². The molecule has 2 aliphatic rings. The molecule has 1 saturated carbocycles. The Balaban J connectivity index is 1.53. The van der Waals surface area contributed by atoms with E-state index in [0.29, 0.717) is 0 Å². The van der Waals surface area contributed by atoms with Crippen LogP contribution < -0.4 is 14.8 Å². The van der Waals surface area contributed by atoms with Crippen LogP contribution >= 0.6 is 0 Å². The molecule has 1 fully saturated rings. The second-order valence-electron chi connectivity index (χ2n) is 6.01. The number of hydrogen-bond acceptors (Lipinski definition) is 4. The fourth-order valence-electron chi connectivity index (χ4n) is 3.17. The third-order valence-corrected chi connectivity index (χ3v) is 4.72. The van der Waals surface area contributed by atoms with Gasteiger partial charge in [-0.3, -0.25) is 4.79 Å². The molecule has 2 aromatic carbocycles. The van der Waals surface area contributed by atoms with Crippen molar-refractivity contribution in [1.29, 1.82) is 0 Å². The Morgan fingerprint density at radius 2 is 1.70 bits per heavy atom. The number of carboxylic acids is 1. The van der Waals surface area contributed by atoms with Crippen molar-refractivity contribution in [3.05, 3.63) is 48.0 Å². The molecule has 0 saturated heterocycles. The van der Waals surface area contributed by atoms with Gasteiger partial charge >= 0.3 is 5.97 Å². The predicted octanol–water partition coefficient (Wildman–Crippen LogP) is 3.67. The number of aliphatic carboxylic acids is 1. The summed E-state index contributed by atoms with van der Waals surface area (Å²) in [6.45, 7) is 0.255. The van der Waals surface area contributed by atoms with E-state index >= 15 is 0 Å². The topological polar surface area (TPSA) is 67.8 Å². The molecule has 1 heterocycles. The second kappa shape index (κ2) is 5.19. The van der Waals surface area contributed by atoms with Crippen molar-refractivity contribution >= 4 is 17.3 Å². The quantitative estimate of drug-likeness (QED) is 0.902. The molecule has 1 aliphatic heterocycles. The molecule has 23 heavy (non-hydrogen) atoms. The van der Waals surface area contributed by atoms with Gasteiger partial charge in [0.15, 0.2) is 11.5 Å². The summed E-state index contributed by atoms with van der Waals surface area (Å²) in [5.41, 5.74) is 2.01. The first-order valence-electron chi connectivity index (χ1n) is 7.68. The molecule has 5 heteroatoms. The molecule has 2 N–H and O–H groups in total. The van der Waals surface area contributed by atoms with Gasteiger partial charge < -0.3 is 19.9 Å². The predicted molar refractivity (Wildman–Crippen MR) is 85.5 cm³/mol. The molecule has 0 aromatic heterocycles. The number of benzene rings is 2. The minimum Gasteiger partial charge on any atom is -0.481 e. The standard InChI is InChI=1S/C18H17NO4/c20-17(21)18(8-1-9-18)12-2-4-13(5-3-12)19-14-6-7-15-16(10-14)23-11-22-15/h2-7,10,19H,1,8-9,11H2,(H,20,21). The average molecular weight is 311 g/mol. The highest BCUT2D eigenvalue weighted by molar-refractivity contribution is 5.82. The van der Waals surface area contributed by atoms with Crippen molar-refractivity contribution < 1.29 is 19.4 Å². The largest absolute Gasteiger partial charge is 0.481 e. The Labute approximate surface area is 133 Å². The lowest BCUT2D eigenvalue weighted by atomic mass is 9.64. The Kier molecular flexibility index (Phi) is 3.15. The van der Waals surface area contributed by atoms with Crippen LogP contribution in [0, 0.1) is 0 Å². The van der Waals surface area contributed by atoms with Crippen LogP contribution in [0.3, 0.4) is 0 Å². The van der Waals surface area contributed by atoms with Gasteiger partial charge in [-0.1, -0.05) is 18.6 Å². The van der Waals surface area contributed by atoms with Crippen LogP contribution in [-0.4, -0.2) is 17.9 Å². The molecule has 0 spiro atoms. The molecule has 1 aliphatic carbocycles. The van der Waals surface area contributed by atoms with Gasteiger partial charge in [0.25, 0.3) is 0 Å². The maximum Gasteiger partial charge on any atom is 0.314 e. The fourth-order valence-corrected chi connectivity index (χ4v) is 3.17. The SMILES string of the molecule is O=C(O)C1(c2ccc(Nc3ccc4c(c3)OCO4)cc2)CCC1. The molecule has 118 valence electrons. The summed E-state index contributed by atoms with van der Waals surface area (Å²) >= 11 is 0. The van der Waals surface area contributed by atoms with Crippen LogP contribution in [0.5, 0.6) is 11.5 Å². The van der Waals surface area contributed by atoms with Crippen LogP contribution in [0.25, 0.3) is 0 Å². The summed E-state index contributed by atoms with van der Waals surface area (Å²) < 4.78 is 10.7. The number of carbonyl (C=O) groups is 1. The van der Waals surface area contributed by atoms with E-state index in [0.717, 1.165) is 47.7 Å². The number of ether oxygens (including phenoxy) is 2. The van der Waals surface area contributed by atoms with E-state index in [1.165, 1.54) is 0 Å². The zero-order valence-corrected chi connectivity index (χ0v) is 12.5. The monoisotopic (exact) mass is 311 g/mol. The van der Waals surface area contributed by atoms with Gasteiger partial charge in [-0.05, 0) is 42.7 Å². The van der Waals surface area contributed by atoms with Crippen LogP contribution in [0.1, 0.15) is 24.8 Å². The molecule has 5 nitrogen and oxygen atoms in total. The van der Waals surface area contributed by atoms with Crippen LogP contribution in [-0.2, 0) is 10.2 Å². The highest BCUT2D eigenvalue weighted by atomic mass is 16.7. The van der Waals surface area contributed by atoms with Gasteiger partial charge in [-0.2, -0.15) is 0 Å². The number of nitrogens with one attached hydrogen (secondary N) is 1. The van der Waals surface area contributed by atoms with Crippen molar-refractivity contribution in [2.24, 2.45) is 0 Å². The number of carboxylic acid groups (broad SMARTS) is 1. The highest BCUT2D eigenvalue weighted by Gasteiger charge is 2.45. The van der Waals surface area contributed by atoms with Crippen LogP contribution in [0.4, 0.5) is 11.4 Å². The minimum absolute atomic E-state index is 0.255. The molecule has 0 amide bonds. The molecular formula is C18H17NO4. The Bertz CT molecular complexity index is 750.